The molecule has 22 heavy (non-hydrogen) atoms. The summed E-state index contributed by atoms with van der Waals surface area (Å²) in [6.45, 7) is 10.3. The summed E-state index contributed by atoms with van der Waals surface area (Å²) < 4.78 is 18.5. The van der Waals surface area contributed by atoms with Gasteiger partial charge in [0.25, 0.3) is 0 Å². The van der Waals surface area contributed by atoms with Gasteiger partial charge >= 0.3 is 7.12 Å². The van der Waals surface area contributed by atoms with Crippen LogP contribution in [-0.4, -0.2) is 29.4 Å². The van der Waals surface area contributed by atoms with Crippen molar-refractivity contribution in [3.05, 3.63) is 17.8 Å². The topological polar surface area (TPSA) is 40.6 Å². The lowest BCUT2D eigenvalue weighted by Gasteiger charge is -2.32. The number of aryl methyl sites for hydroxylation is 1. The standard InChI is InChI=1S/C17H26BNO3/c1-12-10-14(18-21-16(2,3)17(4,5)22-18)15(19-11-12)20-13-8-6-7-9-13/h10-11,13H,6-9H2,1-5H3. The summed E-state index contributed by atoms with van der Waals surface area (Å²) in [5.41, 5.74) is 1.28. The maximum Gasteiger partial charge on any atom is 0.500 e. The summed E-state index contributed by atoms with van der Waals surface area (Å²) >= 11 is 0. The molecule has 1 aliphatic carbocycles. The zero-order valence-electron chi connectivity index (χ0n) is 14.3. The fourth-order valence-corrected chi connectivity index (χ4v) is 2.98. The quantitative estimate of drug-likeness (QED) is 0.805. The summed E-state index contributed by atoms with van der Waals surface area (Å²) in [7, 11) is -0.422. The number of aromatic nitrogens is 1. The highest BCUT2D eigenvalue weighted by Crippen LogP contribution is 2.37. The summed E-state index contributed by atoms with van der Waals surface area (Å²) in [4.78, 5) is 4.50. The van der Waals surface area contributed by atoms with Crippen molar-refractivity contribution >= 4 is 12.6 Å². The SMILES string of the molecule is Cc1cnc(OC2CCCC2)c(B2OC(C)(C)C(C)(C)O2)c1. The number of ether oxygens (including phenoxy) is 1. The Labute approximate surface area is 133 Å². The van der Waals surface area contributed by atoms with Crippen molar-refractivity contribution in [3.8, 4) is 5.88 Å². The molecule has 0 unspecified atom stereocenters. The Bertz CT molecular complexity index is 537. The fourth-order valence-electron chi connectivity index (χ4n) is 2.98. The molecular formula is C17H26BNO3. The van der Waals surface area contributed by atoms with E-state index < -0.39 is 7.12 Å². The Morgan fingerprint density at radius 2 is 1.73 bits per heavy atom. The first-order chi connectivity index (χ1) is 10.3. The molecular weight excluding hydrogens is 277 g/mol. The molecule has 1 saturated carbocycles. The van der Waals surface area contributed by atoms with E-state index in [1.54, 1.807) is 0 Å². The van der Waals surface area contributed by atoms with Crippen LogP contribution in [0.4, 0.5) is 0 Å². The van der Waals surface area contributed by atoms with E-state index in [9.17, 15) is 0 Å². The Morgan fingerprint density at radius 3 is 2.32 bits per heavy atom. The van der Waals surface area contributed by atoms with Crippen LogP contribution in [0.1, 0.15) is 58.9 Å². The maximum absolute atomic E-state index is 6.17. The molecule has 0 bridgehead atoms. The first-order valence-electron chi connectivity index (χ1n) is 8.27. The lowest BCUT2D eigenvalue weighted by molar-refractivity contribution is 0.00578. The molecule has 4 nitrogen and oxygen atoms in total. The molecule has 1 aliphatic heterocycles. The van der Waals surface area contributed by atoms with Gasteiger partial charge in [-0.05, 0) is 65.9 Å². The van der Waals surface area contributed by atoms with Gasteiger partial charge in [0.2, 0.25) is 5.88 Å². The minimum atomic E-state index is -0.422. The number of hydrogen-bond acceptors (Lipinski definition) is 4. The van der Waals surface area contributed by atoms with Crippen LogP contribution in [0, 0.1) is 6.92 Å². The van der Waals surface area contributed by atoms with Gasteiger partial charge in [-0.2, -0.15) is 0 Å². The number of hydrogen-bond donors (Lipinski definition) is 0. The van der Waals surface area contributed by atoms with Gasteiger partial charge in [0.15, 0.2) is 0 Å². The van der Waals surface area contributed by atoms with E-state index in [2.05, 4.69) is 38.7 Å². The highest BCUT2D eigenvalue weighted by molar-refractivity contribution is 6.63. The number of pyridine rings is 1. The smallest absolute Gasteiger partial charge is 0.475 e. The monoisotopic (exact) mass is 303 g/mol. The van der Waals surface area contributed by atoms with Crippen molar-refractivity contribution in [2.45, 2.75) is 77.6 Å². The van der Waals surface area contributed by atoms with Gasteiger partial charge in [-0.25, -0.2) is 4.98 Å². The van der Waals surface area contributed by atoms with Crippen LogP contribution in [0.2, 0.25) is 0 Å². The van der Waals surface area contributed by atoms with Crippen molar-refractivity contribution in [2.75, 3.05) is 0 Å². The summed E-state index contributed by atoms with van der Waals surface area (Å²) in [5.74, 6) is 0.663. The van der Waals surface area contributed by atoms with E-state index in [0.717, 1.165) is 23.9 Å². The molecule has 1 aromatic heterocycles. The van der Waals surface area contributed by atoms with E-state index in [-0.39, 0.29) is 17.3 Å². The van der Waals surface area contributed by atoms with Gasteiger partial charge in [0.1, 0.15) is 6.10 Å². The molecule has 1 saturated heterocycles. The van der Waals surface area contributed by atoms with Gasteiger partial charge in [-0.3, -0.25) is 0 Å². The van der Waals surface area contributed by atoms with E-state index in [1.807, 2.05) is 13.1 Å². The van der Waals surface area contributed by atoms with Crippen LogP contribution in [0.15, 0.2) is 12.3 Å². The van der Waals surface area contributed by atoms with Crippen molar-refractivity contribution in [1.29, 1.82) is 0 Å². The molecule has 0 aromatic carbocycles. The minimum Gasteiger partial charge on any atom is -0.475 e. The fraction of sp³-hybridized carbons (Fsp3) is 0.706. The maximum atomic E-state index is 6.17. The number of rotatable bonds is 3. The Balaban J connectivity index is 1.88. The molecule has 120 valence electrons. The second kappa shape index (κ2) is 5.53. The molecule has 3 rings (SSSR count). The molecule has 0 atom stereocenters. The second-order valence-electron chi connectivity index (χ2n) is 7.52. The first-order valence-corrected chi connectivity index (χ1v) is 8.27. The predicted octanol–water partition coefficient (Wildman–Crippen LogP) is 3.01. The Kier molecular flexibility index (Phi) is 3.98. The number of nitrogens with zero attached hydrogens (tertiary/aromatic N) is 1. The third kappa shape index (κ3) is 2.89. The highest BCUT2D eigenvalue weighted by atomic mass is 16.7. The van der Waals surface area contributed by atoms with E-state index in [4.69, 9.17) is 14.0 Å². The lowest BCUT2D eigenvalue weighted by Crippen LogP contribution is -2.41. The second-order valence-corrected chi connectivity index (χ2v) is 7.52. The molecule has 2 heterocycles. The molecule has 0 spiro atoms. The molecule has 2 fully saturated rings. The molecule has 5 heteroatoms. The van der Waals surface area contributed by atoms with E-state index in [0.29, 0.717) is 5.88 Å². The van der Waals surface area contributed by atoms with Crippen molar-refractivity contribution in [1.82, 2.24) is 4.98 Å². The van der Waals surface area contributed by atoms with Crippen LogP contribution in [0.5, 0.6) is 5.88 Å². The van der Waals surface area contributed by atoms with Gasteiger partial charge in [0, 0.05) is 11.7 Å². The molecule has 1 aromatic rings. The minimum absolute atomic E-state index is 0.274. The zero-order chi connectivity index (χ0) is 16.0. The largest absolute Gasteiger partial charge is 0.500 e. The Morgan fingerprint density at radius 1 is 1.14 bits per heavy atom. The summed E-state index contributed by atoms with van der Waals surface area (Å²) in [6.07, 6.45) is 6.82. The highest BCUT2D eigenvalue weighted by Gasteiger charge is 2.52. The third-order valence-corrected chi connectivity index (χ3v) is 5.10. The summed E-state index contributed by atoms with van der Waals surface area (Å²) in [6, 6.07) is 2.07. The molecule has 0 radical (unpaired) electrons. The van der Waals surface area contributed by atoms with Crippen LogP contribution in [0.25, 0.3) is 0 Å². The summed E-state index contributed by atoms with van der Waals surface area (Å²) in [5, 5.41) is 0. The molecule has 2 aliphatic rings. The molecule has 0 N–H and O–H groups in total. The molecule has 0 amide bonds. The van der Waals surface area contributed by atoms with Crippen LogP contribution in [-0.2, 0) is 9.31 Å². The average Bonchev–Trinajstić information content (AvgIpc) is 2.99. The Hall–Kier alpha value is -1.07. The van der Waals surface area contributed by atoms with Crippen molar-refractivity contribution in [2.24, 2.45) is 0 Å². The van der Waals surface area contributed by atoms with Crippen LogP contribution in [0.3, 0.4) is 0 Å². The van der Waals surface area contributed by atoms with Gasteiger partial charge in [-0.1, -0.05) is 6.07 Å². The van der Waals surface area contributed by atoms with Gasteiger partial charge < -0.3 is 14.0 Å². The van der Waals surface area contributed by atoms with Crippen LogP contribution < -0.4 is 10.2 Å². The van der Waals surface area contributed by atoms with Crippen molar-refractivity contribution < 1.29 is 14.0 Å². The normalized spacial score (nSPS) is 24.0. The predicted molar refractivity (Wildman–Crippen MR) is 87.6 cm³/mol. The van der Waals surface area contributed by atoms with Crippen LogP contribution >= 0.6 is 0 Å². The van der Waals surface area contributed by atoms with Crippen molar-refractivity contribution in [3.63, 3.8) is 0 Å². The van der Waals surface area contributed by atoms with Gasteiger partial charge in [-0.15, -0.1) is 0 Å². The third-order valence-electron chi connectivity index (χ3n) is 5.10. The lowest BCUT2D eigenvalue weighted by atomic mass is 9.79. The average molecular weight is 303 g/mol. The van der Waals surface area contributed by atoms with Gasteiger partial charge in [0.05, 0.1) is 11.2 Å². The van der Waals surface area contributed by atoms with E-state index >= 15 is 0 Å². The van der Waals surface area contributed by atoms with E-state index in [1.165, 1.54) is 12.8 Å². The zero-order valence-corrected chi connectivity index (χ0v) is 14.3. The first kappa shape index (κ1) is 15.8.